The second-order valence-corrected chi connectivity index (χ2v) is 22.6. The van der Waals surface area contributed by atoms with Gasteiger partial charge in [0.25, 0.3) is 0 Å². The standard InChI is InChI=1S/C25H24F6O.C16H18BrFO.C15H18BrF.C9H9BFO4/c1-3-5-14-6-8-15(9-7-14)16-10-11-17-18-12-13-19(32-4-2)23(27)21(18)25(30,31)24(28,29)20(17)22(16)26;1-2-3-11-4-6-12(7-5-11)13-8-9-15(17)14(10-19)16(13)18;1-2-3-11-4-6-12(7-5-11)14-9-8-13(16)10-15(14)17;1-2-14-8-4-3-7(15-10-13)6(5-12)9(8)11/h8,10-14H,3-7,9H2,1-2H3;6,8-11H,2-5,7H2,1H3;6,8-11H,2-5,7H2,1H3;3-5,13H,2H2,1H3. The van der Waals surface area contributed by atoms with Crippen LogP contribution in [0.2, 0.25) is 0 Å². The largest absolute Gasteiger partial charge is 0.569 e. The molecule has 3 atom stereocenters. The second kappa shape index (κ2) is 31.0. The minimum Gasteiger partial charge on any atom is -0.537 e. The monoisotopic (exact) mass is 1290 g/mol. The van der Waals surface area contributed by atoms with E-state index in [0.29, 0.717) is 61.2 Å². The van der Waals surface area contributed by atoms with Gasteiger partial charge in [-0.3, -0.25) is 9.59 Å². The van der Waals surface area contributed by atoms with Crippen LogP contribution >= 0.6 is 31.9 Å². The van der Waals surface area contributed by atoms with Crippen molar-refractivity contribution in [2.75, 3.05) is 13.2 Å². The Labute approximate surface area is 498 Å². The van der Waals surface area contributed by atoms with Gasteiger partial charge in [-0.1, -0.05) is 118 Å². The van der Waals surface area contributed by atoms with Gasteiger partial charge in [-0.25, -0.2) is 22.0 Å². The molecule has 5 aromatic rings. The first-order valence-electron chi connectivity index (χ1n) is 28.3. The molecule has 83 heavy (non-hydrogen) atoms. The zero-order valence-electron chi connectivity index (χ0n) is 47.2. The molecule has 0 saturated heterocycles. The Balaban J connectivity index is 0.000000188. The average Bonchev–Trinajstić information content (AvgIpc) is 0.984. The predicted octanol–water partition coefficient (Wildman–Crippen LogP) is 20.1. The number of aldehydes is 2. The van der Waals surface area contributed by atoms with Gasteiger partial charge in [0.2, 0.25) is 0 Å². The Morgan fingerprint density at radius 3 is 1.39 bits per heavy atom. The van der Waals surface area contributed by atoms with E-state index >= 15 is 13.2 Å². The van der Waals surface area contributed by atoms with Crippen molar-refractivity contribution in [1.29, 1.82) is 0 Å². The number of alkyl halides is 4. The number of halogens is 11. The summed E-state index contributed by atoms with van der Waals surface area (Å²) in [5.41, 5.74) is 0.137. The van der Waals surface area contributed by atoms with Crippen molar-refractivity contribution in [2.24, 2.45) is 17.8 Å². The molecule has 1 radical (unpaired) electrons. The maximum Gasteiger partial charge on any atom is 0.569 e. The molecular formula is C65H69BBr2F9O6. The fraction of sp³-hybridized carbons (Fsp3) is 0.415. The molecule has 4 aliphatic carbocycles. The van der Waals surface area contributed by atoms with Crippen LogP contribution in [0.4, 0.5) is 39.5 Å². The fourth-order valence-corrected chi connectivity index (χ4v) is 11.9. The molecule has 5 aromatic carbocycles. The molecule has 1 N–H and O–H groups in total. The van der Waals surface area contributed by atoms with Crippen LogP contribution in [0.15, 0.2) is 93.9 Å². The molecule has 0 amide bonds. The summed E-state index contributed by atoms with van der Waals surface area (Å²) in [7, 11) is 0.377. The molecule has 0 spiro atoms. The SMILES string of the molecule is CCCC1CC=C(c2ccc(Br)c(C=O)c2F)CC1.CCCC1CC=C(c2ccc(Br)cc2F)CC1.CCCC1CC=C(c2ccc3c(c2F)C(F)(F)C(F)(F)c2c-3ccc(OCC)c2F)CC1.CCOc1ccc(O[B]O)c(C=O)c1F. The van der Waals surface area contributed by atoms with E-state index in [1.54, 1.807) is 25.1 Å². The maximum absolute atomic E-state index is 15.4. The van der Waals surface area contributed by atoms with E-state index in [0.717, 1.165) is 90.9 Å². The van der Waals surface area contributed by atoms with Crippen molar-refractivity contribution in [3.63, 3.8) is 0 Å². The molecule has 0 heterocycles. The lowest BCUT2D eigenvalue weighted by molar-refractivity contribution is -0.227. The van der Waals surface area contributed by atoms with Crippen LogP contribution in [0.3, 0.4) is 0 Å². The van der Waals surface area contributed by atoms with Crippen molar-refractivity contribution in [2.45, 2.75) is 143 Å². The minimum absolute atomic E-state index is 0.0233. The first-order valence-corrected chi connectivity index (χ1v) is 29.9. The zero-order valence-corrected chi connectivity index (χ0v) is 50.4. The Morgan fingerprint density at radius 1 is 0.530 bits per heavy atom. The first-order chi connectivity index (χ1) is 39.8. The summed E-state index contributed by atoms with van der Waals surface area (Å²) in [4.78, 5) is 21.5. The normalized spacial score (nSPS) is 18.3. The fourth-order valence-electron chi connectivity index (χ4n) is 11.2. The van der Waals surface area contributed by atoms with E-state index in [1.165, 1.54) is 68.9 Å². The van der Waals surface area contributed by atoms with Crippen molar-refractivity contribution >= 4 is 68.8 Å². The molecule has 4 aliphatic rings. The van der Waals surface area contributed by atoms with Crippen molar-refractivity contribution < 1.29 is 68.3 Å². The molecule has 9 rings (SSSR count). The zero-order chi connectivity index (χ0) is 60.6. The molecule has 3 unspecified atom stereocenters. The highest BCUT2D eigenvalue weighted by molar-refractivity contribution is 9.10. The van der Waals surface area contributed by atoms with Crippen LogP contribution in [-0.2, 0) is 11.8 Å². The molecule has 0 bridgehead atoms. The van der Waals surface area contributed by atoms with Crippen LogP contribution in [0.25, 0.3) is 27.8 Å². The first kappa shape index (κ1) is 66.6. The summed E-state index contributed by atoms with van der Waals surface area (Å²) < 4.78 is 148. The molecule has 6 nitrogen and oxygen atoms in total. The van der Waals surface area contributed by atoms with Crippen molar-refractivity contribution in [3.8, 4) is 28.4 Å². The summed E-state index contributed by atoms with van der Waals surface area (Å²) >= 11 is 6.50. The Morgan fingerprint density at radius 2 is 0.940 bits per heavy atom. The molecule has 0 aromatic heterocycles. The molecular weight excluding hydrogens is 1220 g/mol. The van der Waals surface area contributed by atoms with E-state index in [2.05, 4.69) is 69.4 Å². The van der Waals surface area contributed by atoms with Gasteiger partial charge in [-0.2, -0.15) is 17.6 Å². The summed E-state index contributed by atoms with van der Waals surface area (Å²) in [5.74, 6) is -12.7. The highest BCUT2D eigenvalue weighted by Gasteiger charge is 2.65. The highest BCUT2D eigenvalue weighted by Crippen LogP contribution is 2.60. The van der Waals surface area contributed by atoms with Crippen LogP contribution < -0.4 is 14.1 Å². The molecule has 445 valence electrons. The predicted molar refractivity (Wildman–Crippen MR) is 317 cm³/mol. The van der Waals surface area contributed by atoms with Gasteiger partial charge in [-0.15, -0.1) is 0 Å². The quantitative estimate of drug-likeness (QED) is 0.0567. The number of ether oxygens (including phenoxy) is 2. The van der Waals surface area contributed by atoms with Crippen molar-refractivity contribution in [1.82, 2.24) is 0 Å². The lowest BCUT2D eigenvalue weighted by Crippen LogP contribution is -2.41. The van der Waals surface area contributed by atoms with E-state index in [9.17, 15) is 35.9 Å². The summed E-state index contributed by atoms with van der Waals surface area (Å²) in [5, 5.41) is 8.39. The number of rotatable bonds is 17. The third kappa shape index (κ3) is 15.7. The number of hydrogen-bond acceptors (Lipinski definition) is 6. The Bertz CT molecular complexity index is 3160. The third-order valence-corrected chi connectivity index (χ3v) is 16.6. The van der Waals surface area contributed by atoms with Crippen LogP contribution in [0.1, 0.15) is 179 Å². The van der Waals surface area contributed by atoms with E-state index in [-0.39, 0.29) is 40.6 Å². The minimum atomic E-state index is -4.95. The van der Waals surface area contributed by atoms with Gasteiger partial charge < -0.3 is 19.2 Å². The summed E-state index contributed by atoms with van der Waals surface area (Å²) in [6, 6.07) is 16.2. The molecule has 0 aliphatic heterocycles. The molecule has 0 saturated carbocycles. The summed E-state index contributed by atoms with van der Waals surface area (Å²) in [6.07, 6.45) is 22.5. The van der Waals surface area contributed by atoms with E-state index < -0.39 is 63.1 Å². The number of carbonyl (C=O) groups is 2. The topological polar surface area (TPSA) is 82.1 Å². The van der Waals surface area contributed by atoms with E-state index in [1.807, 2.05) is 18.2 Å². The van der Waals surface area contributed by atoms with Crippen LogP contribution in [0.5, 0.6) is 17.2 Å². The lowest BCUT2D eigenvalue weighted by atomic mass is 9.77. The maximum atomic E-state index is 15.4. The van der Waals surface area contributed by atoms with Gasteiger partial charge in [0.15, 0.2) is 35.7 Å². The number of carbonyl (C=O) groups excluding carboxylic acids is 2. The van der Waals surface area contributed by atoms with Gasteiger partial charge in [0, 0.05) is 25.6 Å². The number of benzene rings is 5. The third-order valence-electron chi connectivity index (χ3n) is 15.4. The number of hydrogen-bond donors (Lipinski definition) is 1. The Hall–Kier alpha value is -5.59. The number of fused-ring (bicyclic) bond motifs is 3. The number of allylic oxidation sites excluding steroid dienone is 6. The van der Waals surface area contributed by atoms with Gasteiger partial charge >= 0.3 is 19.5 Å². The Kier molecular flexibility index (Phi) is 24.9. The smallest absolute Gasteiger partial charge is 0.537 e. The van der Waals surface area contributed by atoms with Gasteiger partial charge in [0.05, 0.1) is 35.5 Å². The summed E-state index contributed by atoms with van der Waals surface area (Å²) in [6.45, 7) is 9.98. The second-order valence-electron chi connectivity index (χ2n) is 20.8. The van der Waals surface area contributed by atoms with Crippen LogP contribution in [-0.4, -0.2) is 38.5 Å². The van der Waals surface area contributed by atoms with Crippen LogP contribution in [0, 0.1) is 46.8 Å². The van der Waals surface area contributed by atoms with Crippen molar-refractivity contribution in [3.05, 3.63) is 162 Å². The van der Waals surface area contributed by atoms with Gasteiger partial charge in [-0.05, 0) is 176 Å². The van der Waals surface area contributed by atoms with E-state index in [4.69, 9.17) is 14.5 Å². The average molecular weight is 1290 g/mol. The molecule has 0 fully saturated rings. The molecule has 18 heteroatoms. The van der Waals surface area contributed by atoms with Gasteiger partial charge in [0.1, 0.15) is 23.2 Å². The highest BCUT2D eigenvalue weighted by atomic mass is 79.9. The lowest BCUT2D eigenvalue weighted by Gasteiger charge is -2.36.